The predicted octanol–water partition coefficient (Wildman–Crippen LogP) is 3.07. The molecule has 0 aliphatic carbocycles. The number of aromatic nitrogens is 1. The maximum Gasteiger partial charge on any atom is 0.338 e. The monoisotopic (exact) mass is 385 g/mol. The molecular weight excluding hydrogens is 370 g/mol. The normalized spacial score (nSPS) is 11.6. The Hall–Kier alpha value is -3.33. The molecule has 0 radical (unpaired) electrons. The van der Waals surface area contributed by atoms with Gasteiger partial charge < -0.3 is 9.30 Å². The van der Waals surface area contributed by atoms with Gasteiger partial charge in [0.25, 0.3) is 11.6 Å². The fourth-order valence-electron chi connectivity index (χ4n) is 2.46. The number of ether oxygens (including phenoxy) is 1. The summed E-state index contributed by atoms with van der Waals surface area (Å²) in [5, 5.41) is 10.7. The van der Waals surface area contributed by atoms with Gasteiger partial charge in [-0.25, -0.2) is 4.79 Å². The van der Waals surface area contributed by atoms with Crippen molar-refractivity contribution < 1.29 is 19.2 Å². The molecule has 0 aliphatic heterocycles. The quantitative estimate of drug-likeness (QED) is 0.390. The van der Waals surface area contributed by atoms with E-state index in [9.17, 15) is 19.7 Å². The zero-order valence-corrected chi connectivity index (χ0v) is 15.4. The molecule has 3 aromatic rings. The SMILES string of the molecule is CCOC(=O)c1ccc2c(c1)sc(=NC(=O)c1ccc([N+](=O)[O-])cc1)n2C. The largest absolute Gasteiger partial charge is 0.462 e. The van der Waals surface area contributed by atoms with Crippen molar-refractivity contribution in [3.05, 3.63) is 68.5 Å². The van der Waals surface area contributed by atoms with Crippen LogP contribution in [-0.4, -0.2) is 28.0 Å². The van der Waals surface area contributed by atoms with Gasteiger partial charge in [-0.2, -0.15) is 4.99 Å². The first-order valence-electron chi connectivity index (χ1n) is 8.01. The number of benzene rings is 2. The zero-order valence-electron chi connectivity index (χ0n) is 14.5. The van der Waals surface area contributed by atoms with Gasteiger partial charge >= 0.3 is 5.97 Å². The summed E-state index contributed by atoms with van der Waals surface area (Å²) in [5.74, 6) is -0.909. The summed E-state index contributed by atoms with van der Waals surface area (Å²) >= 11 is 1.26. The van der Waals surface area contributed by atoms with Gasteiger partial charge in [0.1, 0.15) is 0 Å². The number of fused-ring (bicyclic) bond motifs is 1. The van der Waals surface area contributed by atoms with Crippen molar-refractivity contribution in [2.45, 2.75) is 6.92 Å². The lowest BCUT2D eigenvalue weighted by atomic mass is 10.2. The van der Waals surface area contributed by atoms with Crippen LogP contribution in [0.5, 0.6) is 0 Å². The Morgan fingerprint density at radius 1 is 1.19 bits per heavy atom. The lowest BCUT2D eigenvalue weighted by molar-refractivity contribution is -0.384. The highest BCUT2D eigenvalue weighted by Gasteiger charge is 2.12. The van der Waals surface area contributed by atoms with Crippen LogP contribution in [-0.2, 0) is 11.8 Å². The van der Waals surface area contributed by atoms with E-state index in [4.69, 9.17) is 4.74 Å². The van der Waals surface area contributed by atoms with Crippen molar-refractivity contribution in [1.29, 1.82) is 0 Å². The number of hydrogen-bond donors (Lipinski definition) is 0. The Bertz CT molecular complexity index is 1110. The molecule has 1 amide bonds. The number of nitrogens with zero attached hydrogens (tertiary/aromatic N) is 3. The van der Waals surface area contributed by atoms with E-state index in [0.29, 0.717) is 17.0 Å². The summed E-state index contributed by atoms with van der Waals surface area (Å²) in [5.41, 5.74) is 1.42. The van der Waals surface area contributed by atoms with E-state index >= 15 is 0 Å². The second kappa shape index (κ2) is 7.50. The van der Waals surface area contributed by atoms with Crippen LogP contribution in [0.1, 0.15) is 27.6 Å². The molecule has 0 N–H and O–H groups in total. The lowest BCUT2D eigenvalue weighted by Gasteiger charge is -2.01. The summed E-state index contributed by atoms with van der Waals surface area (Å²) in [7, 11) is 1.77. The molecule has 0 unspecified atom stereocenters. The number of carbonyl (C=O) groups excluding carboxylic acids is 2. The average Bonchev–Trinajstić information content (AvgIpc) is 2.97. The molecule has 138 valence electrons. The number of carbonyl (C=O) groups is 2. The number of hydrogen-bond acceptors (Lipinski definition) is 6. The first-order chi connectivity index (χ1) is 12.9. The maximum absolute atomic E-state index is 12.4. The molecule has 9 heteroatoms. The van der Waals surface area contributed by atoms with Crippen LogP contribution in [0.3, 0.4) is 0 Å². The Morgan fingerprint density at radius 3 is 2.48 bits per heavy atom. The minimum Gasteiger partial charge on any atom is -0.462 e. The molecule has 3 rings (SSSR count). The molecule has 1 heterocycles. The van der Waals surface area contributed by atoms with Gasteiger partial charge in [-0.05, 0) is 37.3 Å². The van der Waals surface area contributed by atoms with Gasteiger partial charge in [0.15, 0.2) is 4.80 Å². The Kier molecular flexibility index (Phi) is 5.13. The first-order valence-corrected chi connectivity index (χ1v) is 8.82. The van der Waals surface area contributed by atoms with Gasteiger partial charge in [0.05, 0.1) is 27.3 Å². The van der Waals surface area contributed by atoms with Gasteiger partial charge in [-0.1, -0.05) is 11.3 Å². The van der Waals surface area contributed by atoms with E-state index in [-0.39, 0.29) is 11.3 Å². The number of rotatable bonds is 4. The molecular formula is C18H15N3O5S. The fourth-order valence-corrected chi connectivity index (χ4v) is 3.52. The third-order valence-electron chi connectivity index (χ3n) is 3.84. The second-order valence-electron chi connectivity index (χ2n) is 5.57. The van der Waals surface area contributed by atoms with E-state index in [1.165, 1.54) is 35.6 Å². The summed E-state index contributed by atoms with van der Waals surface area (Å²) in [4.78, 5) is 39.0. The molecule has 0 aliphatic rings. The minimum atomic E-state index is -0.529. The van der Waals surface area contributed by atoms with E-state index in [2.05, 4.69) is 4.99 Å². The third-order valence-corrected chi connectivity index (χ3v) is 4.94. The first kappa shape index (κ1) is 18.5. The number of nitro benzene ring substituents is 1. The summed E-state index contributed by atoms with van der Waals surface area (Å²) < 4.78 is 7.53. The highest BCUT2D eigenvalue weighted by molar-refractivity contribution is 7.16. The number of esters is 1. The van der Waals surface area contributed by atoms with E-state index in [1.807, 2.05) is 0 Å². The molecule has 0 fully saturated rings. The molecule has 8 nitrogen and oxygen atoms in total. The molecule has 1 aromatic heterocycles. The van der Waals surface area contributed by atoms with Crippen molar-refractivity contribution in [3.8, 4) is 0 Å². The number of thiazole rings is 1. The van der Waals surface area contributed by atoms with Gasteiger partial charge in [0, 0.05) is 24.7 Å². The van der Waals surface area contributed by atoms with E-state index in [0.717, 1.165) is 10.2 Å². The topological polar surface area (TPSA) is 104 Å². The minimum absolute atomic E-state index is 0.0922. The Labute approximate surface area is 157 Å². The van der Waals surface area contributed by atoms with Crippen LogP contribution in [0, 0.1) is 10.1 Å². The summed E-state index contributed by atoms with van der Waals surface area (Å²) in [6, 6.07) is 10.4. The van der Waals surface area contributed by atoms with E-state index < -0.39 is 16.8 Å². The third kappa shape index (κ3) is 3.77. The maximum atomic E-state index is 12.4. The van der Waals surface area contributed by atoms with Crippen LogP contribution < -0.4 is 4.80 Å². The van der Waals surface area contributed by atoms with Gasteiger partial charge in [0.2, 0.25) is 0 Å². The number of non-ortho nitro benzene ring substituents is 1. The molecule has 0 spiro atoms. The number of aryl methyl sites for hydroxylation is 1. The van der Waals surface area contributed by atoms with Crippen molar-refractivity contribution >= 4 is 39.1 Å². The zero-order chi connectivity index (χ0) is 19.6. The molecule has 0 saturated carbocycles. The van der Waals surface area contributed by atoms with Crippen LogP contribution in [0.15, 0.2) is 47.5 Å². The number of amides is 1. The second-order valence-corrected chi connectivity index (χ2v) is 6.58. The molecule has 0 saturated heterocycles. The van der Waals surface area contributed by atoms with Crippen LogP contribution in [0.25, 0.3) is 10.2 Å². The Balaban J connectivity index is 1.97. The molecule has 0 atom stereocenters. The van der Waals surface area contributed by atoms with Crippen LogP contribution >= 0.6 is 11.3 Å². The van der Waals surface area contributed by atoms with Crippen molar-refractivity contribution in [1.82, 2.24) is 4.57 Å². The van der Waals surface area contributed by atoms with Crippen molar-refractivity contribution in [2.24, 2.45) is 12.0 Å². The summed E-state index contributed by atoms with van der Waals surface area (Å²) in [6.45, 7) is 2.03. The van der Waals surface area contributed by atoms with Gasteiger partial charge in [-0.3, -0.25) is 14.9 Å². The molecule has 27 heavy (non-hydrogen) atoms. The number of nitro groups is 1. The Morgan fingerprint density at radius 2 is 1.85 bits per heavy atom. The van der Waals surface area contributed by atoms with Crippen LogP contribution in [0.2, 0.25) is 0 Å². The summed E-state index contributed by atoms with van der Waals surface area (Å²) in [6.07, 6.45) is 0. The van der Waals surface area contributed by atoms with Crippen molar-refractivity contribution in [3.63, 3.8) is 0 Å². The molecule has 2 aromatic carbocycles. The van der Waals surface area contributed by atoms with Crippen molar-refractivity contribution in [2.75, 3.05) is 6.61 Å². The highest BCUT2D eigenvalue weighted by atomic mass is 32.1. The smallest absolute Gasteiger partial charge is 0.338 e. The fraction of sp³-hybridized carbons (Fsp3) is 0.167. The lowest BCUT2D eigenvalue weighted by Crippen LogP contribution is -2.13. The standard InChI is InChI=1S/C18H15N3O5S/c1-3-26-17(23)12-6-9-14-15(10-12)27-18(20(14)2)19-16(22)11-4-7-13(8-5-11)21(24)25/h4-10H,3H2,1-2H3. The highest BCUT2D eigenvalue weighted by Crippen LogP contribution is 2.19. The van der Waals surface area contributed by atoms with E-state index in [1.54, 1.807) is 36.7 Å². The van der Waals surface area contributed by atoms with Gasteiger partial charge in [-0.15, -0.1) is 0 Å². The average molecular weight is 385 g/mol. The van der Waals surface area contributed by atoms with Crippen LogP contribution in [0.4, 0.5) is 5.69 Å². The predicted molar refractivity (Wildman–Crippen MR) is 99.7 cm³/mol. The molecule has 0 bridgehead atoms.